The van der Waals surface area contributed by atoms with Crippen molar-refractivity contribution in [2.45, 2.75) is 29.0 Å². The normalized spacial score (nSPS) is 11.6. The Morgan fingerprint density at radius 3 is 2.27 bits per heavy atom. The summed E-state index contributed by atoms with van der Waals surface area (Å²) in [5, 5.41) is 21.9. The number of pyridine rings is 2. The molecule has 0 radical (unpaired) electrons. The van der Waals surface area contributed by atoms with E-state index in [9.17, 15) is 23.7 Å². The summed E-state index contributed by atoms with van der Waals surface area (Å²) in [6.45, 7) is 3.56. The van der Waals surface area contributed by atoms with Crippen LogP contribution in [-0.4, -0.2) is 29.5 Å². The molecule has 0 aliphatic rings. The first kappa shape index (κ1) is 28.1. The number of nitrogens with zero attached hydrogens (tertiary/aromatic N) is 4. The summed E-state index contributed by atoms with van der Waals surface area (Å²) in [4.78, 5) is 21.2. The van der Waals surface area contributed by atoms with Gasteiger partial charge in [0.25, 0.3) is 10.0 Å². The molecular formula is C28H23N7O3S2. The van der Waals surface area contributed by atoms with Crippen molar-refractivity contribution >= 4 is 45.0 Å². The van der Waals surface area contributed by atoms with Gasteiger partial charge in [0.15, 0.2) is 0 Å². The van der Waals surface area contributed by atoms with Gasteiger partial charge >= 0.3 is 0 Å². The number of sulfonamides is 1. The van der Waals surface area contributed by atoms with Crippen LogP contribution in [0.1, 0.15) is 23.6 Å². The van der Waals surface area contributed by atoms with Crippen LogP contribution >= 0.6 is 11.8 Å². The minimum atomic E-state index is -3.87. The van der Waals surface area contributed by atoms with Crippen LogP contribution in [0.2, 0.25) is 0 Å². The molecule has 0 aliphatic heterocycles. The monoisotopic (exact) mass is 569 g/mol. The zero-order chi connectivity index (χ0) is 28.9. The Labute approximate surface area is 236 Å². The number of aromatic nitrogens is 2. The average Bonchev–Trinajstić information content (AvgIpc) is 2.94. The maximum atomic E-state index is 13.0. The third-order valence-electron chi connectivity index (χ3n) is 5.75. The molecule has 0 spiro atoms. The molecule has 1 amide bonds. The van der Waals surface area contributed by atoms with Gasteiger partial charge in [-0.2, -0.15) is 10.5 Å². The van der Waals surface area contributed by atoms with Crippen molar-refractivity contribution in [1.82, 2.24) is 9.97 Å². The summed E-state index contributed by atoms with van der Waals surface area (Å²) >= 11 is 1.03. The predicted molar refractivity (Wildman–Crippen MR) is 154 cm³/mol. The lowest BCUT2D eigenvalue weighted by Crippen LogP contribution is -2.23. The highest BCUT2D eigenvalue weighted by Crippen LogP contribution is 2.37. The van der Waals surface area contributed by atoms with Crippen LogP contribution in [0, 0.1) is 29.6 Å². The molecule has 4 N–H and O–H groups in total. The Bertz CT molecular complexity index is 1750. The molecule has 40 heavy (non-hydrogen) atoms. The Morgan fingerprint density at radius 1 is 1.00 bits per heavy atom. The number of nitriles is 2. The number of nitrogens with one attached hydrogen (secondary N) is 2. The van der Waals surface area contributed by atoms with Crippen LogP contribution in [0.3, 0.4) is 0 Å². The molecule has 0 aliphatic carbocycles. The second-order valence-electron chi connectivity index (χ2n) is 8.61. The molecule has 4 rings (SSSR count). The fourth-order valence-corrected chi connectivity index (χ4v) is 5.62. The molecule has 2 heterocycles. The van der Waals surface area contributed by atoms with E-state index >= 15 is 0 Å². The smallest absolute Gasteiger partial charge is 0.263 e. The number of nitrogens with two attached hydrogens (primary N) is 1. The van der Waals surface area contributed by atoms with E-state index < -0.39 is 21.2 Å². The summed E-state index contributed by atoms with van der Waals surface area (Å²) in [6.07, 6.45) is 1.47. The third kappa shape index (κ3) is 6.21. The maximum Gasteiger partial charge on any atom is 0.263 e. The number of amides is 1. The van der Waals surface area contributed by atoms with Gasteiger partial charge in [0.1, 0.15) is 34.4 Å². The first-order chi connectivity index (χ1) is 19.1. The van der Waals surface area contributed by atoms with Crippen molar-refractivity contribution in [2.24, 2.45) is 0 Å². The number of aryl methyl sites for hydroxylation is 1. The van der Waals surface area contributed by atoms with Gasteiger partial charge < -0.3 is 11.1 Å². The summed E-state index contributed by atoms with van der Waals surface area (Å²) in [5.74, 6) is -0.258. The van der Waals surface area contributed by atoms with E-state index in [0.717, 1.165) is 17.3 Å². The highest BCUT2D eigenvalue weighted by molar-refractivity contribution is 8.00. The largest absolute Gasteiger partial charge is 0.383 e. The number of anilines is 3. The van der Waals surface area contributed by atoms with E-state index in [1.54, 1.807) is 31.2 Å². The summed E-state index contributed by atoms with van der Waals surface area (Å²) in [6, 6.07) is 22.0. The Kier molecular flexibility index (Phi) is 8.34. The molecule has 0 bridgehead atoms. The van der Waals surface area contributed by atoms with Crippen molar-refractivity contribution in [3.63, 3.8) is 0 Å². The van der Waals surface area contributed by atoms with Crippen molar-refractivity contribution in [2.75, 3.05) is 15.8 Å². The molecule has 0 fully saturated rings. The lowest BCUT2D eigenvalue weighted by molar-refractivity contribution is -0.115. The van der Waals surface area contributed by atoms with E-state index in [4.69, 9.17) is 5.73 Å². The quantitative estimate of drug-likeness (QED) is 0.254. The number of hydrogen-bond donors (Lipinski definition) is 3. The molecule has 12 heteroatoms. The number of hydrogen-bond acceptors (Lipinski definition) is 9. The molecule has 0 saturated heterocycles. The van der Waals surface area contributed by atoms with E-state index in [-0.39, 0.29) is 32.7 Å². The molecule has 200 valence electrons. The van der Waals surface area contributed by atoms with Crippen molar-refractivity contribution < 1.29 is 13.2 Å². The summed E-state index contributed by atoms with van der Waals surface area (Å²) in [5.41, 5.74) is 8.71. The van der Waals surface area contributed by atoms with E-state index in [1.165, 1.54) is 36.5 Å². The third-order valence-corrected chi connectivity index (χ3v) is 8.21. The van der Waals surface area contributed by atoms with Gasteiger partial charge in [-0.1, -0.05) is 47.7 Å². The number of carbonyl (C=O) groups excluding carboxylic acids is 1. The fourth-order valence-electron chi connectivity index (χ4n) is 3.69. The minimum absolute atomic E-state index is 0.00173. The van der Waals surface area contributed by atoms with Gasteiger partial charge in [0.2, 0.25) is 5.91 Å². The fraction of sp³-hybridized carbons (Fsp3) is 0.107. The first-order valence-corrected chi connectivity index (χ1v) is 14.2. The van der Waals surface area contributed by atoms with Gasteiger partial charge in [-0.15, -0.1) is 0 Å². The lowest BCUT2D eigenvalue weighted by atomic mass is 9.96. The molecule has 0 saturated carbocycles. The molecule has 4 aromatic rings. The molecular weight excluding hydrogens is 546 g/mol. The van der Waals surface area contributed by atoms with Crippen LogP contribution in [0.15, 0.2) is 82.8 Å². The van der Waals surface area contributed by atoms with Crippen LogP contribution in [0.5, 0.6) is 0 Å². The van der Waals surface area contributed by atoms with Crippen LogP contribution in [0.4, 0.5) is 17.3 Å². The van der Waals surface area contributed by atoms with E-state index in [2.05, 4.69) is 26.1 Å². The first-order valence-electron chi connectivity index (χ1n) is 11.8. The Balaban J connectivity index is 1.53. The van der Waals surface area contributed by atoms with Gasteiger partial charge in [0.05, 0.1) is 15.7 Å². The topological polar surface area (TPSA) is 175 Å². The van der Waals surface area contributed by atoms with E-state index in [1.807, 2.05) is 25.1 Å². The minimum Gasteiger partial charge on any atom is -0.383 e. The molecule has 2 aromatic carbocycles. The van der Waals surface area contributed by atoms with E-state index in [0.29, 0.717) is 16.8 Å². The predicted octanol–water partition coefficient (Wildman–Crippen LogP) is 4.70. The Hall–Kier alpha value is -4.91. The van der Waals surface area contributed by atoms with Crippen molar-refractivity contribution in [1.29, 1.82) is 10.5 Å². The van der Waals surface area contributed by atoms with Gasteiger partial charge in [-0.05, 0) is 55.8 Å². The number of benzene rings is 2. The lowest BCUT2D eigenvalue weighted by Gasteiger charge is -2.16. The van der Waals surface area contributed by atoms with Crippen LogP contribution < -0.4 is 15.8 Å². The second kappa shape index (κ2) is 11.9. The zero-order valence-electron chi connectivity index (χ0n) is 21.4. The average molecular weight is 570 g/mol. The molecule has 1 unspecified atom stereocenters. The maximum absolute atomic E-state index is 13.0. The second-order valence-corrected chi connectivity index (χ2v) is 11.6. The highest BCUT2D eigenvalue weighted by atomic mass is 32.2. The van der Waals surface area contributed by atoms with Gasteiger partial charge in [0, 0.05) is 17.4 Å². The van der Waals surface area contributed by atoms with Crippen LogP contribution in [0.25, 0.3) is 11.1 Å². The Morgan fingerprint density at radius 2 is 1.68 bits per heavy atom. The standard InChI is InChI=1S/C28H23N7O3S2/c1-17-6-8-19(9-7-17)25-22(15-29)26(31)34-28(23(25)16-30)39-18(2)27(36)33-20-10-12-21(13-11-20)40(37,38)35-24-5-3-4-14-32-24/h3-14,18H,1-2H3,(H2,31,34)(H,32,35)(H,33,36). The highest BCUT2D eigenvalue weighted by Gasteiger charge is 2.24. The summed E-state index contributed by atoms with van der Waals surface area (Å²) in [7, 11) is -3.87. The molecule has 2 aromatic heterocycles. The SMILES string of the molecule is Cc1ccc(-c2c(C#N)c(N)nc(SC(C)C(=O)Nc3ccc(S(=O)(=O)Nc4ccccn4)cc3)c2C#N)cc1. The number of nitrogen functional groups attached to an aromatic ring is 1. The van der Waals surface area contributed by atoms with Gasteiger partial charge in [-0.25, -0.2) is 18.4 Å². The summed E-state index contributed by atoms with van der Waals surface area (Å²) < 4.78 is 27.6. The van der Waals surface area contributed by atoms with Crippen molar-refractivity contribution in [3.05, 3.63) is 89.6 Å². The number of rotatable bonds is 8. The van der Waals surface area contributed by atoms with Crippen molar-refractivity contribution in [3.8, 4) is 23.3 Å². The molecule has 1 atom stereocenters. The molecule has 10 nitrogen and oxygen atoms in total. The van der Waals surface area contributed by atoms with Crippen LogP contribution in [-0.2, 0) is 14.8 Å². The zero-order valence-corrected chi connectivity index (χ0v) is 23.0. The number of carbonyl (C=O) groups is 1. The number of thioether (sulfide) groups is 1. The van der Waals surface area contributed by atoms with Gasteiger partial charge in [-0.3, -0.25) is 9.52 Å².